The van der Waals surface area contributed by atoms with E-state index < -0.39 is 33.1 Å². The number of rotatable bonds is 6. The minimum Gasteiger partial charge on any atom is -0.395 e. The molecule has 0 unspecified atom stereocenters. The van der Waals surface area contributed by atoms with E-state index in [0.29, 0.717) is 12.0 Å². The third-order valence-corrected chi connectivity index (χ3v) is 7.29. The number of carbonyl (C=O) groups is 2. The smallest absolute Gasteiger partial charge is 0.266 e. The molecule has 4 N–H and O–H groups in total. The van der Waals surface area contributed by atoms with E-state index in [4.69, 9.17) is 10.3 Å². The molecule has 8 nitrogen and oxygen atoms in total. The molecule has 1 heterocycles. The van der Waals surface area contributed by atoms with Gasteiger partial charge in [0.15, 0.2) is 9.84 Å². The highest BCUT2D eigenvalue weighted by Gasteiger charge is 2.63. The zero-order chi connectivity index (χ0) is 21.8. The van der Waals surface area contributed by atoms with Crippen LogP contribution in [0.4, 0.5) is 0 Å². The maximum atomic E-state index is 12.7. The number of amides is 2. The van der Waals surface area contributed by atoms with E-state index in [2.05, 4.69) is 29.0 Å². The number of benzene rings is 1. The molecule has 158 valence electrons. The van der Waals surface area contributed by atoms with Gasteiger partial charge >= 0.3 is 0 Å². The molecule has 9 heteroatoms. The first kappa shape index (κ1) is 21.8. The third-order valence-electron chi connectivity index (χ3n) is 5.33. The Kier molecular flexibility index (Phi) is 6.47. The summed E-state index contributed by atoms with van der Waals surface area (Å²) in [7, 11) is -3.25. The third kappa shape index (κ3) is 4.82. The Morgan fingerprint density at radius 2 is 1.83 bits per heavy atom. The number of hydrogen-bond donors (Lipinski definition) is 4. The first-order valence-corrected chi connectivity index (χ1v) is 11.3. The van der Waals surface area contributed by atoms with E-state index in [1.165, 1.54) is 12.1 Å². The molecule has 30 heavy (non-hydrogen) atoms. The van der Waals surface area contributed by atoms with Crippen molar-refractivity contribution in [3.05, 3.63) is 35.4 Å². The van der Waals surface area contributed by atoms with Crippen molar-refractivity contribution in [2.24, 2.45) is 11.3 Å². The van der Waals surface area contributed by atoms with Crippen molar-refractivity contribution in [3.8, 4) is 23.7 Å². The highest BCUT2D eigenvalue weighted by Crippen LogP contribution is 2.54. The molecule has 2 aliphatic rings. The maximum absolute atomic E-state index is 12.7. The number of aliphatic hydroxyl groups excluding tert-OH is 1. The monoisotopic (exact) mass is 430 g/mol. The molecule has 2 fully saturated rings. The second kappa shape index (κ2) is 8.88. The van der Waals surface area contributed by atoms with Crippen molar-refractivity contribution < 1.29 is 28.3 Å². The summed E-state index contributed by atoms with van der Waals surface area (Å²) in [6, 6.07) is 5.18. The van der Waals surface area contributed by atoms with Crippen LogP contribution in [0.3, 0.4) is 0 Å². The largest absolute Gasteiger partial charge is 0.395 e. The van der Waals surface area contributed by atoms with Gasteiger partial charge in [-0.1, -0.05) is 11.8 Å². The summed E-state index contributed by atoms with van der Waals surface area (Å²) in [6.07, 6.45) is 1.92. The highest BCUT2D eigenvalue weighted by molar-refractivity contribution is 7.92. The molecule has 1 saturated heterocycles. The second-order valence-electron chi connectivity index (χ2n) is 7.52. The summed E-state index contributed by atoms with van der Waals surface area (Å²) >= 11 is 0. The number of sulfone groups is 1. The maximum Gasteiger partial charge on any atom is 0.266 e. The summed E-state index contributed by atoms with van der Waals surface area (Å²) in [5, 5.41) is 20.4. The molecular formula is C21H22N2O6S. The predicted molar refractivity (Wildman–Crippen MR) is 108 cm³/mol. The molecule has 1 aliphatic heterocycles. The van der Waals surface area contributed by atoms with Gasteiger partial charge in [0, 0.05) is 23.0 Å². The van der Waals surface area contributed by atoms with E-state index in [0.717, 1.165) is 12.8 Å². The topological polar surface area (TPSA) is 133 Å². The molecule has 2 amide bonds. The molecule has 1 atom stereocenters. The van der Waals surface area contributed by atoms with Gasteiger partial charge in [-0.15, -0.1) is 0 Å². The molecule has 1 saturated carbocycles. The Hall–Kier alpha value is -2.85. The van der Waals surface area contributed by atoms with E-state index in [-0.39, 0.29) is 29.6 Å². The Labute approximate surface area is 174 Å². The number of aliphatic hydroxyl groups is 1. The van der Waals surface area contributed by atoms with Crippen molar-refractivity contribution in [2.75, 3.05) is 18.1 Å². The normalized spacial score (nSPS) is 19.0. The van der Waals surface area contributed by atoms with E-state index in [1.807, 2.05) is 0 Å². The molecule has 1 aromatic carbocycles. The summed E-state index contributed by atoms with van der Waals surface area (Å²) < 4.78 is 23.7. The fraction of sp³-hybridized carbons (Fsp3) is 0.429. The van der Waals surface area contributed by atoms with Crippen LogP contribution in [-0.2, 0) is 14.6 Å². The van der Waals surface area contributed by atoms with Gasteiger partial charge in [0.1, 0.15) is 6.04 Å². The van der Waals surface area contributed by atoms with Crippen molar-refractivity contribution >= 4 is 21.7 Å². The molecule has 0 bridgehead atoms. The Bertz CT molecular complexity index is 1040. The summed E-state index contributed by atoms with van der Waals surface area (Å²) in [5.74, 6) is 9.01. The summed E-state index contributed by atoms with van der Waals surface area (Å²) in [4.78, 5) is 25.0. The molecule has 0 spiro atoms. The molecule has 0 aromatic heterocycles. The lowest BCUT2D eigenvalue weighted by molar-refractivity contribution is -0.134. The van der Waals surface area contributed by atoms with E-state index in [9.17, 15) is 18.0 Å². The van der Waals surface area contributed by atoms with Crippen LogP contribution >= 0.6 is 0 Å². The standard InChI is InChI=1S/C21H22N2O6S/c24-12-4-2-1-3-5-15-6-8-16(9-7-15)19(25)22-18(20(26)23-27)21(17-10-11-17)13-30(28,29)14-21/h6-9,17-18,24,27H,4,10-14H2,(H,22,25)(H,23,26)/t18-/m1/s1. The fourth-order valence-corrected chi connectivity index (χ4v) is 6.15. The molecule has 3 rings (SSSR count). The molecule has 1 aromatic rings. The quantitative estimate of drug-likeness (QED) is 0.282. The van der Waals surface area contributed by atoms with Crippen LogP contribution in [0.1, 0.15) is 35.2 Å². The van der Waals surface area contributed by atoms with Gasteiger partial charge in [0.25, 0.3) is 11.8 Å². The van der Waals surface area contributed by atoms with Crippen molar-refractivity contribution in [2.45, 2.75) is 25.3 Å². The van der Waals surface area contributed by atoms with Gasteiger partial charge in [-0.3, -0.25) is 14.8 Å². The average molecular weight is 430 g/mol. The SMILES string of the molecule is O=C(N[C@H](C(=O)NO)C1(C2CC2)CS(=O)(=O)C1)c1ccc(C#CC#CCCO)cc1. The second-order valence-corrected chi connectivity index (χ2v) is 9.59. The lowest BCUT2D eigenvalue weighted by Crippen LogP contribution is -2.66. The zero-order valence-electron chi connectivity index (χ0n) is 16.1. The first-order chi connectivity index (χ1) is 14.3. The number of hydrogen-bond acceptors (Lipinski definition) is 6. The van der Waals surface area contributed by atoms with Gasteiger partial charge in [0.05, 0.1) is 18.1 Å². The number of nitrogens with one attached hydrogen (secondary N) is 2. The lowest BCUT2D eigenvalue weighted by atomic mass is 9.77. The van der Waals surface area contributed by atoms with Crippen LogP contribution in [0.2, 0.25) is 0 Å². The van der Waals surface area contributed by atoms with E-state index >= 15 is 0 Å². The summed E-state index contributed by atoms with van der Waals surface area (Å²) in [5.41, 5.74) is 1.58. The van der Waals surface area contributed by atoms with Crippen LogP contribution < -0.4 is 10.8 Å². The Morgan fingerprint density at radius 3 is 2.37 bits per heavy atom. The van der Waals surface area contributed by atoms with Crippen molar-refractivity contribution in [1.82, 2.24) is 10.8 Å². The van der Waals surface area contributed by atoms with Gasteiger partial charge in [-0.25, -0.2) is 13.9 Å². The lowest BCUT2D eigenvalue weighted by Gasteiger charge is -2.46. The minimum absolute atomic E-state index is 0.0215. The Morgan fingerprint density at radius 1 is 1.17 bits per heavy atom. The zero-order valence-corrected chi connectivity index (χ0v) is 17.0. The van der Waals surface area contributed by atoms with Crippen LogP contribution in [-0.4, -0.2) is 54.7 Å². The van der Waals surface area contributed by atoms with Crippen LogP contribution in [0.15, 0.2) is 24.3 Å². The predicted octanol–water partition coefficient (Wildman–Crippen LogP) is -0.147. The Balaban J connectivity index is 1.74. The van der Waals surface area contributed by atoms with Gasteiger partial charge in [-0.2, -0.15) is 0 Å². The fourth-order valence-electron chi connectivity index (χ4n) is 3.79. The highest BCUT2D eigenvalue weighted by atomic mass is 32.2. The average Bonchev–Trinajstić information content (AvgIpc) is 3.55. The van der Waals surface area contributed by atoms with Crippen LogP contribution in [0.25, 0.3) is 0 Å². The van der Waals surface area contributed by atoms with Crippen molar-refractivity contribution in [1.29, 1.82) is 0 Å². The van der Waals surface area contributed by atoms with Crippen molar-refractivity contribution in [3.63, 3.8) is 0 Å². The van der Waals surface area contributed by atoms with Gasteiger partial charge < -0.3 is 10.4 Å². The molecule has 1 aliphatic carbocycles. The molecule has 0 radical (unpaired) electrons. The number of carbonyl (C=O) groups excluding carboxylic acids is 2. The van der Waals surface area contributed by atoms with Gasteiger partial charge in [-0.05, 0) is 54.9 Å². The first-order valence-electron chi connectivity index (χ1n) is 9.46. The summed E-state index contributed by atoms with van der Waals surface area (Å²) in [6.45, 7) is -0.0260. The minimum atomic E-state index is -3.25. The van der Waals surface area contributed by atoms with Crippen LogP contribution in [0, 0.1) is 35.0 Å². The molecular weight excluding hydrogens is 408 g/mol. The van der Waals surface area contributed by atoms with E-state index in [1.54, 1.807) is 17.6 Å². The van der Waals surface area contributed by atoms with Crippen LogP contribution in [0.5, 0.6) is 0 Å². The van der Waals surface area contributed by atoms with Gasteiger partial charge in [0.2, 0.25) is 0 Å². The number of hydroxylamine groups is 1.